The zero-order chi connectivity index (χ0) is 20.1. The summed E-state index contributed by atoms with van der Waals surface area (Å²) in [5, 5.41) is 3.10. The SMILES string of the molecule is CC(C)N1CC(C(=O)NC2CCN(C(=O)CCc3ccccc3)CC2)CC1=O. The van der Waals surface area contributed by atoms with Crippen molar-refractivity contribution in [3.05, 3.63) is 35.9 Å². The van der Waals surface area contributed by atoms with Crippen LogP contribution in [0.15, 0.2) is 30.3 Å². The number of hydrogen-bond donors (Lipinski definition) is 1. The Morgan fingerprint density at radius 1 is 1.14 bits per heavy atom. The van der Waals surface area contributed by atoms with E-state index in [-0.39, 0.29) is 35.7 Å². The number of nitrogens with one attached hydrogen (secondary N) is 1. The third-order valence-corrected chi connectivity index (χ3v) is 5.82. The second-order valence-electron chi connectivity index (χ2n) is 8.19. The molecule has 6 heteroatoms. The molecule has 2 fully saturated rings. The number of carbonyl (C=O) groups is 3. The minimum absolute atomic E-state index is 0.0228. The van der Waals surface area contributed by atoms with Crippen molar-refractivity contribution in [3.63, 3.8) is 0 Å². The van der Waals surface area contributed by atoms with Crippen LogP contribution in [0.25, 0.3) is 0 Å². The average molecular weight is 386 g/mol. The van der Waals surface area contributed by atoms with E-state index in [9.17, 15) is 14.4 Å². The Bertz CT molecular complexity index is 696. The van der Waals surface area contributed by atoms with Crippen LogP contribution >= 0.6 is 0 Å². The lowest BCUT2D eigenvalue weighted by atomic mass is 10.0. The quantitative estimate of drug-likeness (QED) is 0.814. The van der Waals surface area contributed by atoms with Crippen LogP contribution in [-0.2, 0) is 20.8 Å². The van der Waals surface area contributed by atoms with E-state index in [4.69, 9.17) is 0 Å². The lowest BCUT2D eigenvalue weighted by molar-refractivity contribution is -0.133. The summed E-state index contributed by atoms with van der Waals surface area (Å²) in [6.45, 7) is 5.82. The summed E-state index contributed by atoms with van der Waals surface area (Å²) in [5.74, 6) is -0.0256. The Balaban J connectivity index is 1.40. The zero-order valence-electron chi connectivity index (χ0n) is 16.9. The Morgan fingerprint density at radius 2 is 1.82 bits per heavy atom. The van der Waals surface area contributed by atoms with Gasteiger partial charge in [0, 0.05) is 44.6 Å². The highest BCUT2D eigenvalue weighted by Gasteiger charge is 2.36. The Morgan fingerprint density at radius 3 is 2.43 bits per heavy atom. The van der Waals surface area contributed by atoms with Crippen molar-refractivity contribution in [2.75, 3.05) is 19.6 Å². The Labute approximate surface area is 167 Å². The van der Waals surface area contributed by atoms with Crippen LogP contribution in [0, 0.1) is 5.92 Å². The van der Waals surface area contributed by atoms with Gasteiger partial charge in [0.1, 0.15) is 0 Å². The second kappa shape index (κ2) is 9.22. The van der Waals surface area contributed by atoms with Gasteiger partial charge in [0.2, 0.25) is 17.7 Å². The summed E-state index contributed by atoms with van der Waals surface area (Å²) in [5.41, 5.74) is 1.18. The molecule has 6 nitrogen and oxygen atoms in total. The predicted molar refractivity (Wildman–Crippen MR) is 107 cm³/mol. The molecule has 1 atom stereocenters. The molecule has 1 unspecified atom stereocenters. The maximum atomic E-state index is 12.5. The van der Waals surface area contributed by atoms with Crippen molar-refractivity contribution in [3.8, 4) is 0 Å². The predicted octanol–water partition coefficient (Wildman–Crippen LogP) is 1.98. The summed E-state index contributed by atoms with van der Waals surface area (Å²) < 4.78 is 0. The molecule has 0 bridgehead atoms. The van der Waals surface area contributed by atoms with Crippen LogP contribution in [0.4, 0.5) is 0 Å². The number of rotatable bonds is 6. The minimum atomic E-state index is -0.250. The molecule has 3 rings (SSSR count). The number of hydrogen-bond acceptors (Lipinski definition) is 3. The smallest absolute Gasteiger partial charge is 0.225 e. The maximum Gasteiger partial charge on any atom is 0.225 e. The van der Waals surface area contributed by atoms with Crippen LogP contribution in [0.1, 0.15) is 45.1 Å². The first kappa shape index (κ1) is 20.4. The average Bonchev–Trinajstić information content (AvgIpc) is 3.10. The number of aryl methyl sites for hydroxylation is 1. The fourth-order valence-electron chi connectivity index (χ4n) is 4.05. The highest BCUT2D eigenvalue weighted by Crippen LogP contribution is 2.21. The standard InChI is InChI=1S/C22H31N3O3/c1-16(2)25-15-18(14-21(25)27)22(28)23-19-10-12-24(13-11-19)20(26)9-8-17-6-4-3-5-7-17/h3-7,16,18-19H,8-15H2,1-2H3,(H,23,28). The van der Waals surface area contributed by atoms with E-state index in [0.29, 0.717) is 32.5 Å². The van der Waals surface area contributed by atoms with Gasteiger partial charge in [-0.3, -0.25) is 14.4 Å². The number of nitrogens with zero attached hydrogens (tertiary/aromatic N) is 2. The first-order valence-electron chi connectivity index (χ1n) is 10.4. The van der Waals surface area contributed by atoms with E-state index >= 15 is 0 Å². The molecule has 2 heterocycles. The molecule has 3 amide bonds. The molecule has 2 aliphatic rings. The van der Waals surface area contributed by atoms with E-state index < -0.39 is 0 Å². The summed E-state index contributed by atoms with van der Waals surface area (Å²) >= 11 is 0. The number of likely N-dealkylation sites (tertiary alicyclic amines) is 2. The lowest BCUT2D eigenvalue weighted by Crippen LogP contribution is -2.48. The van der Waals surface area contributed by atoms with Gasteiger partial charge in [0.15, 0.2) is 0 Å². The molecule has 0 aliphatic carbocycles. The van der Waals surface area contributed by atoms with Gasteiger partial charge in [-0.25, -0.2) is 0 Å². The highest BCUT2D eigenvalue weighted by atomic mass is 16.2. The van der Waals surface area contributed by atoms with Crippen LogP contribution in [0.2, 0.25) is 0 Å². The molecular weight excluding hydrogens is 354 g/mol. The van der Waals surface area contributed by atoms with Crippen molar-refractivity contribution in [2.24, 2.45) is 5.92 Å². The molecule has 152 valence electrons. The van der Waals surface area contributed by atoms with E-state index in [0.717, 1.165) is 19.3 Å². The van der Waals surface area contributed by atoms with Gasteiger partial charge in [0.05, 0.1) is 5.92 Å². The van der Waals surface area contributed by atoms with Crippen LogP contribution < -0.4 is 5.32 Å². The fourth-order valence-corrected chi connectivity index (χ4v) is 4.05. The van der Waals surface area contributed by atoms with Crippen molar-refractivity contribution in [1.82, 2.24) is 15.1 Å². The van der Waals surface area contributed by atoms with Crippen LogP contribution in [0.5, 0.6) is 0 Å². The van der Waals surface area contributed by atoms with E-state index in [1.54, 1.807) is 4.90 Å². The first-order valence-corrected chi connectivity index (χ1v) is 10.4. The van der Waals surface area contributed by atoms with E-state index in [2.05, 4.69) is 5.32 Å². The topological polar surface area (TPSA) is 69.7 Å². The third-order valence-electron chi connectivity index (χ3n) is 5.82. The molecule has 0 radical (unpaired) electrons. The molecule has 0 spiro atoms. The fraction of sp³-hybridized carbons (Fsp3) is 0.591. The normalized spacial score (nSPS) is 20.7. The van der Waals surface area contributed by atoms with Crippen molar-refractivity contribution >= 4 is 17.7 Å². The maximum absolute atomic E-state index is 12.5. The van der Waals surface area contributed by atoms with Gasteiger partial charge in [0.25, 0.3) is 0 Å². The Hall–Kier alpha value is -2.37. The summed E-state index contributed by atoms with van der Waals surface area (Å²) in [6.07, 6.45) is 3.14. The lowest BCUT2D eigenvalue weighted by Gasteiger charge is -2.33. The van der Waals surface area contributed by atoms with Crippen molar-refractivity contribution in [2.45, 2.75) is 58.0 Å². The van der Waals surface area contributed by atoms with E-state index in [1.165, 1.54) is 5.56 Å². The molecule has 1 aromatic carbocycles. The monoisotopic (exact) mass is 385 g/mol. The first-order chi connectivity index (χ1) is 13.4. The number of piperidine rings is 1. The highest BCUT2D eigenvalue weighted by molar-refractivity contribution is 5.89. The molecule has 0 saturated carbocycles. The van der Waals surface area contributed by atoms with Gasteiger partial charge in [-0.1, -0.05) is 30.3 Å². The summed E-state index contributed by atoms with van der Waals surface area (Å²) in [6, 6.07) is 10.3. The molecule has 2 saturated heterocycles. The summed E-state index contributed by atoms with van der Waals surface area (Å²) in [4.78, 5) is 40.7. The van der Waals surface area contributed by atoms with Crippen molar-refractivity contribution in [1.29, 1.82) is 0 Å². The van der Waals surface area contributed by atoms with Gasteiger partial charge in [-0.15, -0.1) is 0 Å². The molecule has 0 aromatic heterocycles. The number of carbonyl (C=O) groups excluding carboxylic acids is 3. The largest absolute Gasteiger partial charge is 0.353 e. The van der Waals surface area contributed by atoms with Crippen molar-refractivity contribution < 1.29 is 14.4 Å². The second-order valence-corrected chi connectivity index (χ2v) is 8.19. The Kier molecular flexibility index (Phi) is 6.70. The van der Waals surface area contributed by atoms with Gasteiger partial charge < -0.3 is 15.1 Å². The van der Waals surface area contributed by atoms with Gasteiger partial charge in [-0.2, -0.15) is 0 Å². The van der Waals surface area contributed by atoms with Crippen LogP contribution in [-0.4, -0.2) is 59.2 Å². The van der Waals surface area contributed by atoms with Crippen LogP contribution in [0.3, 0.4) is 0 Å². The molecule has 1 N–H and O–H groups in total. The minimum Gasteiger partial charge on any atom is -0.353 e. The third kappa shape index (κ3) is 5.12. The van der Waals surface area contributed by atoms with Gasteiger partial charge >= 0.3 is 0 Å². The molecule has 1 aromatic rings. The summed E-state index contributed by atoms with van der Waals surface area (Å²) in [7, 11) is 0. The van der Waals surface area contributed by atoms with E-state index in [1.807, 2.05) is 49.1 Å². The molecular formula is C22H31N3O3. The van der Waals surface area contributed by atoms with Gasteiger partial charge in [-0.05, 0) is 38.7 Å². The molecule has 28 heavy (non-hydrogen) atoms. The zero-order valence-corrected chi connectivity index (χ0v) is 16.9. The number of benzene rings is 1. The molecule has 2 aliphatic heterocycles. The number of amides is 3.